The second-order valence-corrected chi connectivity index (χ2v) is 10.0. The van der Waals surface area contributed by atoms with Gasteiger partial charge in [0.1, 0.15) is 24.6 Å². The predicted octanol–water partition coefficient (Wildman–Crippen LogP) is 4.08. The minimum absolute atomic E-state index is 0.0773. The molecule has 2 atom stereocenters. The summed E-state index contributed by atoms with van der Waals surface area (Å²) in [4.78, 5) is 48.0. The Morgan fingerprint density at radius 1 is 1.12 bits per heavy atom. The molecule has 0 bridgehead atoms. The Kier molecular flexibility index (Phi) is 8.08. The Labute approximate surface area is 239 Å². The molecule has 41 heavy (non-hydrogen) atoms. The molecule has 1 saturated heterocycles. The quantitative estimate of drug-likeness (QED) is 0.276. The van der Waals surface area contributed by atoms with Crippen LogP contribution in [0, 0.1) is 17.7 Å². The summed E-state index contributed by atoms with van der Waals surface area (Å²) in [6, 6.07) is 10.3. The second-order valence-electron chi connectivity index (χ2n) is 9.61. The van der Waals surface area contributed by atoms with Gasteiger partial charge < -0.3 is 14.8 Å². The van der Waals surface area contributed by atoms with Gasteiger partial charge in [-0.2, -0.15) is 0 Å². The maximum atomic E-state index is 14.4. The van der Waals surface area contributed by atoms with Crippen molar-refractivity contribution in [2.24, 2.45) is 0 Å². The van der Waals surface area contributed by atoms with E-state index in [1.165, 1.54) is 24.0 Å². The van der Waals surface area contributed by atoms with Gasteiger partial charge in [0.25, 0.3) is 0 Å². The van der Waals surface area contributed by atoms with Crippen molar-refractivity contribution in [1.29, 1.82) is 0 Å². The first kappa shape index (κ1) is 27.9. The number of nitrogens with one attached hydrogen (secondary N) is 1. The minimum Gasteiger partial charge on any atom is -0.350 e. The molecule has 0 spiro atoms. The average Bonchev–Trinajstić information content (AvgIpc) is 3.53. The molecule has 2 aromatic carbocycles. The Morgan fingerprint density at radius 2 is 1.90 bits per heavy atom. The van der Waals surface area contributed by atoms with Crippen molar-refractivity contribution < 1.29 is 23.2 Å². The van der Waals surface area contributed by atoms with E-state index in [9.17, 15) is 23.2 Å². The van der Waals surface area contributed by atoms with Crippen LogP contribution in [0.15, 0.2) is 61.1 Å². The number of Topliss-reactive ketones (excluding diaryl/α,β-unsaturated/α-hetero) is 1. The molecule has 2 unspecified atom stereocenters. The molecule has 208 valence electrons. The monoisotopic (exact) mass is 575 g/mol. The van der Waals surface area contributed by atoms with E-state index in [1.807, 2.05) is 0 Å². The first-order chi connectivity index (χ1) is 19.7. The van der Waals surface area contributed by atoms with Crippen LogP contribution < -0.4 is 5.32 Å². The molecule has 0 radical (unpaired) electrons. The van der Waals surface area contributed by atoms with Crippen LogP contribution in [0.3, 0.4) is 0 Å². The number of carbonyl (C=O) groups excluding carboxylic acids is 3. The maximum absolute atomic E-state index is 14.4. The van der Waals surface area contributed by atoms with E-state index < -0.39 is 29.8 Å². The molecule has 5 rings (SSSR count). The Bertz CT molecular complexity index is 1710. The zero-order chi connectivity index (χ0) is 29.1. The normalized spacial score (nSPS) is 16.3. The van der Waals surface area contributed by atoms with Crippen molar-refractivity contribution in [3.63, 3.8) is 0 Å². The Hall–Kier alpha value is -4.62. The maximum Gasteiger partial charge on any atom is 0.243 e. The molecular formula is C30H24ClF2N5O3. The van der Waals surface area contributed by atoms with Gasteiger partial charge in [0, 0.05) is 59.1 Å². The number of alkyl halides is 1. The topological polar surface area (TPSA) is 97.2 Å². The lowest BCUT2D eigenvalue weighted by Gasteiger charge is -2.24. The summed E-state index contributed by atoms with van der Waals surface area (Å²) in [6.07, 6.45) is 3.19. The van der Waals surface area contributed by atoms with E-state index in [1.54, 1.807) is 53.5 Å². The van der Waals surface area contributed by atoms with E-state index in [2.05, 4.69) is 27.1 Å². The van der Waals surface area contributed by atoms with Gasteiger partial charge in [-0.25, -0.2) is 18.7 Å². The lowest BCUT2D eigenvalue weighted by molar-refractivity contribution is -0.139. The fraction of sp³-hybridized carbons (Fsp3) is 0.233. The molecule has 2 amide bonds. The van der Waals surface area contributed by atoms with Gasteiger partial charge in [0.2, 0.25) is 17.6 Å². The zero-order valence-corrected chi connectivity index (χ0v) is 22.7. The van der Waals surface area contributed by atoms with Gasteiger partial charge in [-0.3, -0.25) is 14.4 Å². The smallest absolute Gasteiger partial charge is 0.243 e. The molecule has 8 nitrogen and oxygen atoms in total. The van der Waals surface area contributed by atoms with Crippen molar-refractivity contribution in [2.75, 3.05) is 6.54 Å². The lowest BCUT2D eigenvalue weighted by Crippen LogP contribution is -2.46. The van der Waals surface area contributed by atoms with Crippen LogP contribution in [0.4, 0.5) is 8.78 Å². The van der Waals surface area contributed by atoms with E-state index >= 15 is 0 Å². The van der Waals surface area contributed by atoms with Gasteiger partial charge in [0.15, 0.2) is 5.78 Å². The molecule has 3 heterocycles. The molecule has 1 N–H and O–H groups in total. The van der Waals surface area contributed by atoms with Crippen molar-refractivity contribution in [3.05, 3.63) is 94.4 Å². The van der Waals surface area contributed by atoms with Gasteiger partial charge >= 0.3 is 0 Å². The van der Waals surface area contributed by atoms with Crippen LogP contribution in [-0.4, -0.2) is 55.8 Å². The molecule has 4 aromatic rings. The number of amides is 2. The summed E-state index contributed by atoms with van der Waals surface area (Å²) in [7, 11) is 0. The third kappa shape index (κ3) is 6.10. The van der Waals surface area contributed by atoms with Crippen molar-refractivity contribution in [1.82, 2.24) is 24.8 Å². The largest absolute Gasteiger partial charge is 0.350 e. The molecule has 0 aliphatic carbocycles. The summed E-state index contributed by atoms with van der Waals surface area (Å²) >= 11 is 5.80. The van der Waals surface area contributed by atoms with Crippen LogP contribution in [0.5, 0.6) is 0 Å². The van der Waals surface area contributed by atoms with Crippen LogP contribution in [0.25, 0.3) is 10.9 Å². The first-order valence-electron chi connectivity index (χ1n) is 12.8. The van der Waals surface area contributed by atoms with Crippen LogP contribution in [0.1, 0.15) is 40.7 Å². The number of nitrogens with zero attached hydrogens (tertiary/aromatic N) is 4. The van der Waals surface area contributed by atoms with Gasteiger partial charge in [-0.05, 0) is 43.2 Å². The predicted molar refractivity (Wildman–Crippen MR) is 148 cm³/mol. The number of ketones is 1. The number of hydrogen-bond acceptors (Lipinski definition) is 5. The molecule has 1 aliphatic rings. The van der Waals surface area contributed by atoms with Gasteiger partial charge in [-0.15, -0.1) is 0 Å². The fourth-order valence-corrected chi connectivity index (χ4v) is 5.00. The van der Waals surface area contributed by atoms with E-state index in [4.69, 9.17) is 11.6 Å². The highest BCUT2D eigenvalue weighted by Gasteiger charge is 2.39. The summed E-state index contributed by atoms with van der Waals surface area (Å²) < 4.78 is 30.3. The summed E-state index contributed by atoms with van der Waals surface area (Å²) in [5.74, 6) is 4.27. The van der Waals surface area contributed by atoms with Crippen molar-refractivity contribution >= 4 is 40.1 Å². The molecule has 1 aliphatic heterocycles. The average molecular weight is 576 g/mol. The highest BCUT2D eigenvalue weighted by Crippen LogP contribution is 2.26. The molecule has 2 aromatic heterocycles. The number of rotatable bonds is 6. The van der Waals surface area contributed by atoms with E-state index in [0.29, 0.717) is 27.9 Å². The molecular weight excluding hydrogens is 552 g/mol. The van der Waals surface area contributed by atoms with Crippen LogP contribution >= 0.6 is 11.6 Å². The van der Waals surface area contributed by atoms with Crippen LogP contribution in [-0.2, 0) is 22.7 Å². The number of benzene rings is 2. The van der Waals surface area contributed by atoms with Crippen molar-refractivity contribution in [3.8, 4) is 11.8 Å². The minimum atomic E-state index is -1.39. The number of fused-ring (bicyclic) bond motifs is 1. The third-order valence-electron chi connectivity index (χ3n) is 6.81. The molecule has 1 fully saturated rings. The number of carbonyl (C=O) groups is 3. The molecule has 11 heteroatoms. The lowest BCUT2D eigenvalue weighted by atomic mass is 10.1. The fourth-order valence-electron chi connectivity index (χ4n) is 4.81. The standard InChI is InChI=1S/C30H24ClF2N5O3/c1-18(39)23-16-37(25-8-6-19(12-22(23)25)7-9-27-34-10-3-11-35-27)17-28(40)38-15-21(32)13-26(38)30(41)36-14-20-4-2-5-24(31)29(20)33/h2-6,8,10-12,16,21,26H,13-15,17H2,1H3,(H,36,41). The van der Waals surface area contributed by atoms with E-state index in [0.717, 1.165) is 0 Å². The SMILES string of the molecule is CC(=O)c1cn(CC(=O)N2CC(F)CC2C(=O)NCc2cccc(Cl)c2F)c2ccc(C#Cc3ncccn3)cc12. The zero-order valence-electron chi connectivity index (χ0n) is 21.9. The van der Waals surface area contributed by atoms with E-state index in [-0.39, 0.29) is 42.4 Å². The number of aromatic nitrogens is 3. The first-order valence-corrected chi connectivity index (χ1v) is 13.2. The summed E-state index contributed by atoms with van der Waals surface area (Å²) in [5, 5.41) is 3.11. The summed E-state index contributed by atoms with van der Waals surface area (Å²) in [6.45, 7) is 0.801. The number of likely N-dealkylation sites (tertiary alicyclic amines) is 1. The third-order valence-corrected chi connectivity index (χ3v) is 7.10. The highest BCUT2D eigenvalue weighted by atomic mass is 35.5. The Balaban J connectivity index is 1.35. The number of hydrogen-bond donors (Lipinski definition) is 1. The molecule has 0 saturated carbocycles. The van der Waals surface area contributed by atoms with Gasteiger partial charge in [-0.1, -0.05) is 29.7 Å². The number of halogens is 3. The second kappa shape index (κ2) is 11.9. The van der Waals surface area contributed by atoms with Gasteiger partial charge in [0.05, 0.1) is 11.6 Å². The van der Waals surface area contributed by atoms with Crippen molar-refractivity contribution in [2.45, 2.75) is 38.6 Å². The summed E-state index contributed by atoms with van der Waals surface area (Å²) in [5.41, 5.74) is 1.81. The highest BCUT2D eigenvalue weighted by molar-refractivity contribution is 6.30. The Morgan fingerprint density at radius 3 is 2.66 bits per heavy atom. The van der Waals surface area contributed by atoms with Crippen LogP contribution in [0.2, 0.25) is 5.02 Å².